The van der Waals surface area contributed by atoms with E-state index in [1.807, 2.05) is 12.1 Å². The number of phenolic OH excluding ortho intramolecular Hbond substituents is 2. The Hall–Kier alpha value is -2.82. The lowest BCUT2D eigenvalue weighted by Crippen LogP contribution is -2.17. The standard InChI is InChI=1S/C18H20N2O3/c1-18(2,3)13-8-9-15(21)12(10-13)11-19-20-17(23)14-6-4-5-7-16(14)22/h4-11,21-22H,1-3H3,(H,20,23). The lowest BCUT2D eigenvalue weighted by atomic mass is 9.86. The molecule has 0 spiro atoms. The zero-order valence-electron chi connectivity index (χ0n) is 13.4. The molecule has 2 aromatic carbocycles. The molecule has 120 valence electrons. The van der Waals surface area contributed by atoms with E-state index in [0.29, 0.717) is 5.56 Å². The zero-order valence-corrected chi connectivity index (χ0v) is 13.4. The van der Waals surface area contributed by atoms with Crippen molar-refractivity contribution in [1.82, 2.24) is 5.43 Å². The summed E-state index contributed by atoms with van der Waals surface area (Å²) >= 11 is 0. The van der Waals surface area contributed by atoms with Gasteiger partial charge in [-0.25, -0.2) is 5.43 Å². The average Bonchev–Trinajstić information content (AvgIpc) is 2.48. The second kappa shape index (κ2) is 6.52. The van der Waals surface area contributed by atoms with Crippen molar-refractivity contribution in [3.63, 3.8) is 0 Å². The van der Waals surface area contributed by atoms with Gasteiger partial charge in [0.15, 0.2) is 0 Å². The molecule has 23 heavy (non-hydrogen) atoms. The Balaban J connectivity index is 2.15. The van der Waals surface area contributed by atoms with Gasteiger partial charge in [0.2, 0.25) is 0 Å². The molecule has 3 N–H and O–H groups in total. The summed E-state index contributed by atoms with van der Waals surface area (Å²) in [5.41, 5.74) is 3.96. The third-order valence-corrected chi connectivity index (χ3v) is 3.41. The molecule has 5 heteroatoms. The molecule has 1 amide bonds. The zero-order chi connectivity index (χ0) is 17.0. The first-order valence-electron chi connectivity index (χ1n) is 7.24. The Morgan fingerprint density at radius 2 is 1.78 bits per heavy atom. The van der Waals surface area contributed by atoms with E-state index in [1.54, 1.807) is 18.2 Å². The van der Waals surface area contributed by atoms with Crippen LogP contribution in [-0.4, -0.2) is 22.3 Å². The number of rotatable bonds is 3. The van der Waals surface area contributed by atoms with E-state index in [2.05, 4.69) is 31.3 Å². The summed E-state index contributed by atoms with van der Waals surface area (Å²) in [5.74, 6) is -0.554. The van der Waals surface area contributed by atoms with Crippen LogP contribution in [0.15, 0.2) is 47.6 Å². The van der Waals surface area contributed by atoms with E-state index in [0.717, 1.165) is 5.56 Å². The van der Waals surface area contributed by atoms with E-state index in [1.165, 1.54) is 18.3 Å². The Bertz CT molecular complexity index is 746. The number of nitrogens with zero attached hydrogens (tertiary/aromatic N) is 1. The molecule has 0 bridgehead atoms. The van der Waals surface area contributed by atoms with Crippen LogP contribution in [0.3, 0.4) is 0 Å². The van der Waals surface area contributed by atoms with E-state index >= 15 is 0 Å². The van der Waals surface area contributed by atoms with Gasteiger partial charge in [0.1, 0.15) is 11.5 Å². The first-order valence-corrected chi connectivity index (χ1v) is 7.24. The summed E-state index contributed by atoms with van der Waals surface area (Å²) in [6.45, 7) is 6.21. The molecular formula is C18H20N2O3. The minimum atomic E-state index is -0.522. The number of amides is 1. The van der Waals surface area contributed by atoms with Gasteiger partial charge < -0.3 is 10.2 Å². The minimum absolute atomic E-state index is 0.0602. The SMILES string of the molecule is CC(C)(C)c1ccc(O)c(C=NNC(=O)c2ccccc2O)c1. The van der Waals surface area contributed by atoms with Gasteiger partial charge in [-0.15, -0.1) is 0 Å². The fourth-order valence-electron chi connectivity index (χ4n) is 2.01. The topological polar surface area (TPSA) is 81.9 Å². The van der Waals surface area contributed by atoms with Crippen LogP contribution < -0.4 is 5.43 Å². The number of carbonyl (C=O) groups is 1. The molecule has 2 aromatic rings. The van der Waals surface area contributed by atoms with Gasteiger partial charge in [0.25, 0.3) is 5.91 Å². The predicted molar refractivity (Wildman–Crippen MR) is 90.0 cm³/mol. The molecule has 0 unspecified atom stereocenters. The number of benzene rings is 2. The highest BCUT2D eigenvalue weighted by molar-refractivity contribution is 5.97. The van der Waals surface area contributed by atoms with Crippen molar-refractivity contribution >= 4 is 12.1 Å². The third kappa shape index (κ3) is 4.10. The van der Waals surface area contributed by atoms with Crippen molar-refractivity contribution in [1.29, 1.82) is 0 Å². The highest BCUT2D eigenvalue weighted by Gasteiger charge is 2.15. The Morgan fingerprint density at radius 1 is 1.09 bits per heavy atom. The summed E-state index contributed by atoms with van der Waals surface area (Å²) in [6.07, 6.45) is 1.38. The molecule has 0 atom stereocenters. The fourth-order valence-corrected chi connectivity index (χ4v) is 2.01. The number of phenols is 2. The van der Waals surface area contributed by atoms with Crippen LogP contribution in [0.5, 0.6) is 11.5 Å². The van der Waals surface area contributed by atoms with Gasteiger partial charge in [0.05, 0.1) is 11.8 Å². The van der Waals surface area contributed by atoms with Gasteiger partial charge in [-0.1, -0.05) is 39.0 Å². The number of hydrogen-bond donors (Lipinski definition) is 3. The summed E-state index contributed by atoms with van der Waals surface area (Å²) in [7, 11) is 0. The largest absolute Gasteiger partial charge is 0.507 e. The second-order valence-corrected chi connectivity index (χ2v) is 6.24. The molecule has 0 heterocycles. The van der Waals surface area contributed by atoms with Crippen molar-refractivity contribution in [2.45, 2.75) is 26.2 Å². The quantitative estimate of drug-likeness (QED) is 0.601. The molecule has 0 aliphatic heterocycles. The van der Waals surface area contributed by atoms with E-state index in [-0.39, 0.29) is 22.5 Å². The molecule has 0 radical (unpaired) electrons. The van der Waals surface area contributed by atoms with E-state index in [4.69, 9.17) is 0 Å². The highest BCUT2D eigenvalue weighted by atomic mass is 16.3. The Labute approximate surface area is 135 Å². The number of hydrazone groups is 1. The van der Waals surface area contributed by atoms with Crippen LogP contribution in [0, 0.1) is 0 Å². The summed E-state index contributed by atoms with van der Waals surface area (Å²) in [5, 5.41) is 23.3. The minimum Gasteiger partial charge on any atom is -0.507 e. The first-order chi connectivity index (χ1) is 10.8. The predicted octanol–water partition coefficient (Wildman–Crippen LogP) is 3.16. The van der Waals surface area contributed by atoms with Crippen LogP contribution in [0.2, 0.25) is 0 Å². The Morgan fingerprint density at radius 3 is 2.43 bits per heavy atom. The van der Waals surface area contributed by atoms with Gasteiger partial charge in [-0.3, -0.25) is 4.79 Å². The average molecular weight is 312 g/mol. The summed E-state index contributed by atoms with van der Waals surface area (Å²) < 4.78 is 0. The van der Waals surface area contributed by atoms with Crippen LogP contribution in [0.1, 0.15) is 42.3 Å². The highest BCUT2D eigenvalue weighted by Crippen LogP contribution is 2.26. The molecule has 5 nitrogen and oxygen atoms in total. The molecule has 0 aromatic heterocycles. The number of hydrogen-bond acceptors (Lipinski definition) is 4. The van der Waals surface area contributed by atoms with Crippen LogP contribution >= 0.6 is 0 Å². The third-order valence-electron chi connectivity index (χ3n) is 3.41. The molecule has 0 saturated heterocycles. The fraction of sp³-hybridized carbons (Fsp3) is 0.222. The lowest BCUT2D eigenvalue weighted by Gasteiger charge is -2.19. The van der Waals surface area contributed by atoms with E-state index in [9.17, 15) is 15.0 Å². The molecule has 0 aliphatic carbocycles. The maximum atomic E-state index is 11.9. The number of carbonyl (C=O) groups excluding carboxylic acids is 1. The van der Waals surface area contributed by atoms with Gasteiger partial charge in [0, 0.05) is 5.56 Å². The molecular weight excluding hydrogens is 292 g/mol. The van der Waals surface area contributed by atoms with Crippen molar-refractivity contribution in [3.05, 3.63) is 59.2 Å². The number of nitrogens with one attached hydrogen (secondary N) is 1. The van der Waals surface area contributed by atoms with Crippen LogP contribution in [0.25, 0.3) is 0 Å². The maximum Gasteiger partial charge on any atom is 0.275 e. The summed E-state index contributed by atoms with van der Waals surface area (Å²) in [4.78, 5) is 11.9. The molecule has 0 saturated carbocycles. The number of para-hydroxylation sites is 1. The number of aromatic hydroxyl groups is 2. The summed E-state index contributed by atoms with van der Waals surface area (Å²) in [6, 6.07) is 11.5. The first kappa shape index (κ1) is 16.5. The van der Waals surface area contributed by atoms with Gasteiger partial charge >= 0.3 is 0 Å². The van der Waals surface area contributed by atoms with Crippen LogP contribution in [-0.2, 0) is 5.41 Å². The Kier molecular flexibility index (Phi) is 4.69. The van der Waals surface area contributed by atoms with Crippen molar-refractivity contribution < 1.29 is 15.0 Å². The van der Waals surface area contributed by atoms with E-state index < -0.39 is 5.91 Å². The molecule has 0 aliphatic rings. The smallest absolute Gasteiger partial charge is 0.275 e. The van der Waals surface area contributed by atoms with Crippen molar-refractivity contribution in [3.8, 4) is 11.5 Å². The van der Waals surface area contributed by atoms with Crippen LogP contribution in [0.4, 0.5) is 0 Å². The second-order valence-electron chi connectivity index (χ2n) is 6.24. The molecule has 0 fully saturated rings. The van der Waals surface area contributed by atoms with Crippen molar-refractivity contribution in [2.24, 2.45) is 5.10 Å². The monoisotopic (exact) mass is 312 g/mol. The van der Waals surface area contributed by atoms with Gasteiger partial charge in [-0.2, -0.15) is 5.10 Å². The molecule has 2 rings (SSSR count). The maximum absolute atomic E-state index is 11.9. The van der Waals surface area contributed by atoms with Crippen molar-refractivity contribution in [2.75, 3.05) is 0 Å². The van der Waals surface area contributed by atoms with Gasteiger partial charge in [-0.05, 0) is 35.2 Å². The lowest BCUT2D eigenvalue weighted by molar-refractivity contribution is 0.0952. The normalized spacial score (nSPS) is 11.6.